The summed E-state index contributed by atoms with van der Waals surface area (Å²) in [6.45, 7) is 1.10. The molecule has 0 atom stereocenters. The molecule has 7 heteroatoms. The lowest BCUT2D eigenvalue weighted by Crippen LogP contribution is -2.46. The lowest BCUT2D eigenvalue weighted by atomic mass is 10.0. The van der Waals surface area contributed by atoms with Crippen LogP contribution >= 0.6 is 0 Å². The minimum atomic E-state index is -0.443. The summed E-state index contributed by atoms with van der Waals surface area (Å²) in [6.07, 6.45) is 0.914. The van der Waals surface area contributed by atoms with Gasteiger partial charge in [0.15, 0.2) is 0 Å². The van der Waals surface area contributed by atoms with Crippen LogP contribution in [-0.2, 0) is 4.74 Å². The quantitative estimate of drug-likeness (QED) is 0.912. The molecular weight excluding hydrogens is 300 g/mol. The smallest absolute Gasteiger partial charge is 0.407 e. The highest BCUT2D eigenvalue weighted by molar-refractivity contribution is 5.99. The third-order valence-electron chi connectivity index (χ3n) is 3.93. The van der Waals surface area contributed by atoms with Crippen molar-refractivity contribution in [3.8, 4) is 11.5 Å². The molecule has 0 spiro atoms. The number of carbonyl (C=O) groups excluding carboxylic acids is 2. The van der Waals surface area contributed by atoms with Gasteiger partial charge in [0.1, 0.15) is 17.1 Å². The minimum Gasteiger partial charge on any atom is -0.496 e. The van der Waals surface area contributed by atoms with Gasteiger partial charge in [-0.15, -0.1) is 0 Å². The molecule has 1 saturated heterocycles. The predicted octanol–water partition coefficient (Wildman–Crippen LogP) is 1.66. The zero-order chi connectivity index (χ0) is 16.8. The Kier molecular flexibility index (Phi) is 5.67. The number of likely N-dealkylation sites (tertiary alicyclic amines) is 1. The monoisotopic (exact) mass is 322 g/mol. The fraction of sp³-hybridized carbons (Fsp3) is 0.500. The first kappa shape index (κ1) is 16.9. The number of rotatable bonds is 4. The summed E-state index contributed by atoms with van der Waals surface area (Å²) in [6, 6.07) is 5.27. The highest BCUT2D eigenvalue weighted by Crippen LogP contribution is 2.30. The van der Waals surface area contributed by atoms with Crippen LogP contribution in [0.5, 0.6) is 11.5 Å². The molecule has 0 aliphatic carbocycles. The standard InChI is InChI=1S/C16H22N2O5/c1-21-12-5-4-6-13(22-2)14(12)15(19)18-9-7-11(8-10-18)17-16(20)23-3/h4-6,11H,7-10H2,1-3H3,(H,17,20). The molecule has 2 amide bonds. The third kappa shape index (κ3) is 3.85. The van der Waals surface area contributed by atoms with Crippen LogP contribution in [0, 0.1) is 0 Å². The van der Waals surface area contributed by atoms with Crippen molar-refractivity contribution in [3.05, 3.63) is 23.8 Å². The Hall–Kier alpha value is -2.44. The van der Waals surface area contributed by atoms with Gasteiger partial charge < -0.3 is 24.4 Å². The van der Waals surface area contributed by atoms with Gasteiger partial charge in [-0.2, -0.15) is 0 Å². The molecule has 2 rings (SSSR count). The number of nitrogens with zero attached hydrogens (tertiary/aromatic N) is 1. The van der Waals surface area contributed by atoms with E-state index in [2.05, 4.69) is 10.1 Å². The lowest BCUT2D eigenvalue weighted by Gasteiger charge is -2.32. The Bertz CT molecular complexity index is 545. The number of nitrogens with one attached hydrogen (secondary N) is 1. The van der Waals surface area contributed by atoms with E-state index in [1.807, 2.05) is 0 Å². The average molecular weight is 322 g/mol. The van der Waals surface area contributed by atoms with E-state index >= 15 is 0 Å². The molecule has 0 bridgehead atoms. The van der Waals surface area contributed by atoms with Crippen LogP contribution in [0.15, 0.2) is 18.2 Å². The molecule has 126 valence electrons. The first-order valence-electron chi connectivity index (χ1n) is 7.45. The van der Waals surface area contributed by atoms with E-state index in [0.29, 0.717) is 43.0 Å². The van der Waals surface area contributed by atoms with Crippen molar-refractivity contribution >= 4 is 12.0 Å². The maximum Gasteiger partial charge on any atom is 0.407 e. The summed E-state index contributed by atoms with van der Waals surface area (Å²) < 4.78 is 15.2. The van der Waals surface area contributed by atoms with Gasteiger partial charge in [0.2, 0.25) is 0 Å². The maximum atomic E-state index is 12.8. The van der Waals surface area contributed by atoms with Crippen molar-refractivity contribution in [1.29, 1.82) is 0 Å². The van der Waals surface area contributed by atoms with Crippen LogP contribution in [0.25, 0.3) is 0 Å². The summed E-state index contributed by atoms with van der Waals surface area (Å²) in [7, 11) is 4.39. The molecule has 1 aromatic rings. The molecule has 1 heterocycles. The summed E-state index contributed by atoms with van der Waals surface area (Å²) >= 11 is 0. The molecule has 7 nitrogen and oxygen atoms in total. The predicted molar refractivity (Wildman–Crippen MR) is 84.0 cm³/mol. The van der Waals surface area contributed by atoms with E-state index in [1.165, 1.54) is 21.3 Å². The molecule has 0 aromatic heterocycles. The van der Waals surface area contributed by atoms with Crippen molar-refractivity contribution in [3.63, 3.8) is 0 Å². The minimum absolute atomic E-state index is 0.0195. The number of alkyl carbamates (subject to hydrolysis) is 1. The fourth-order valence-electron chi connectivity index (χ4n) is 2.67. The Morgan fingerprint density at radius 2 is 1.65 bits per heavy atom. The van der Waals surface area contributed by atoms with Crippen molar-refractivity contribution in [2.45, 2.75) is 18.9 Å². The third-order valence-corrected chi connectivity index (χ3v) is 3.93. The molecule has 0 unspecified atom stereocenters. The number of ether oxygens (including phenoxy) is 3. The second kappa shape index (κ2) is 7.71. The summed E-state index contributed by atoms with van der Waals surface area (Å²) in [5, 5.41) is 2.76. The van der Waals surface area contributed by atoms with Gasteiger partial charge in [-0.25, -0.2) is 4.79 Å². The molecule has 1 fully saturated rings. The van der Waals surface area contributed by atoms with Gasteiger partial charge in [0.25, 0.3) is 5.91 Å². The van der Waals surface area contributed by atoms with Gasteiger partial charge >= 0.3 is 6.09 Å². The van der Waals surface area contributed by atoms with Crippen LogP contribution in [0.2, 0.25) is 0 Å². The van der Waals surface area contributed by atoms with Crippen molar-refractivity contribution < 1.29 is 23.8 Å². The maximum absolute atomic E-state index is 12.8. The van der Waals surface area contributed by atoms with Gasteiger partial charge in [-0.05, 0) is 25.0 Å². The molecular formula is C16H22N2O5. The van der Waals surface area contributed by atoms with E-state index in [4.69, 9.17) is 9.47 Å². The molecule has 1 aliphatic rings. The van der Waals surface area contributed by atoms with E-state index in [0.717, 1.165) is 0 Å². The number of methoxy groups -OCH3 is 3. The number of hydrogen-bond donors (Lipinski definition) is 1. The van der Waals surface area contributed by atoms with Crippen LogP contribution < -0.4 is 14.8 Å². The zero-order valence-electron chi connectivity index (χ0n) is 13.6. The zero-order valence-corrected chi connectivity index (χ0v) is 13.6. The van der Waals surface area contributed by atoms with E-state index < -0.39 is 6.09 Å². The van der Waals surface area contributed by atoms with Crippen LogP contribution in [0.3, 0.4) is 0 Å². The highest BCUT2D eigenvalue weighted by Gasteiger charge is 2.28. The number of piperidine rings is 1. The molecule has 0 radical (unpaired) electrons. The second-order valence-corrected chi connectivity index (χ2v) is 5.24. The first-order chi connectivity index (χ1) is 11.1. The van der Waals surface area contributed by atoms with E-state index in [-0.39, 0.29) is 11.9 Å². The van der Waals surface area contributed by atoms with Crippen molar-refractivity contribution in [2.24, 2.45) is 0 Å². The van der Waals surface area contributed by atoms with Gasteiger partial charge in [0.05, 0.1) is 21.3 Å². The Labute approximate surface area is 135 Å². The van der Waals surface area contributed by atoms with Gasteiger partial charge in [0, 0.05) is 19.1 Å². The molecule has 1 aromatic carbocycles. The molecule has 1 aliphatic heterocycles. The number of benzene rings is 1. The van der Waals surface area contributed by atoms with Crippen LogP contribution in [0.1, 0.15) is 23.2 Å². The largest absolute Gasteiger partial charge is 0.496 e. The van der Waals surface area contributed by atoms with Crippen molar-refractivity contribution in [2.75, 3.05) is 34.4 Å². The second-order valence-electron chi connectivity index (χ2n) is 5.24. The fourth-order valence-corrected chi connectivity index (χ4v) is 2.67. The SMILES string of the molecule is COC(=O)NC1CCN(C(=O)c2c(OC)cccc2OC)CC1. The average Bonchev–Trinajstić information content (AvgIpc) is 2.60. The Balaban J connectivity index is 2.07. The summed E-state index contributed by atoms with van der Waals surface area (Å²) in [5.74, 6) is 0.851. The number of carbonyl (C=O) groups is 2. The number of hydrogen-bond acceptors (Lipinski definition) is 5. The van der Waals surface area contributed by atoms with E-state index in [9.17, 15) is 9.59 Å². The van der Waals surface area contributed by atoms with Crippen LogP contribution in [0.4, 0.5) is 4.79 Å². The van der Waals surface area contributed by atoms with E-state index in [1.54, 1.807) is 23.1 Å². The lowest BCUT2D eigenvalue weighted by molar-refractivity contribution is 0.0697. The topological polar surface area (TPSA) is 77.1 Å². The molecule has 0 saturated carbocycles. The highest BCUT2D eigenvalue weighted by atomic mass is 16.5. The molecule has 23 heavy (non-hydrogen) atoms. The summed E-state index contributed by atoms with van der Waals surface area (Å²) in [4.78, 5) is 25.8. The van der Waals surface area contributed by atoms with Gasteiger partial charge in [-0.3, -0.25) is 4.79 Å². The first-order valence-corrected chi connectivity index (χ1v) is 7.45. The molecule has 1 N–H and O–H groups in total. The Morgan fingerprint density at radius 3 is 2.13 bits per heavy atom. The van der Waals surface area contributed by atoms with Crippen LogP contribution in [-0.4, -0.2) is 57.4 Å². The van der Waals surface area contributed by atoms with Crippen molar-refractivity contribution in [1.82, 2.24) is 10.2 Å². The summed E-state index contributed by atoms with van der Waals surface area (Å²) in [5.41, 5.74) is 0.428. The Morgan fingerprint density at radius 1 is 1.09 bits per heavy atom. The number of amides is 2. The van der Waals surface area contributed by atoms with Gasteiger partial charge in [-0.1, -0.05) is 6.07 Å². The normalized spacial score (nSPS) is 15.0.